The van der Waals surface area contributed by atoms with E-state index in [0.717, 1.165) is 10.6 Å². The van der Waals surface area contributed by atoms with Crippen molar-refractivity contribution in [1.29, 1.82) is 0 Å². The highest BCUT2D eigenvalue weighted by Crippen LogP contribution is 2.14. The summed E-state index contributed by atoms with van der Waals surface area (Å²) in [6.45, 7) is 0. The summed E-state index contributed by atoms with van der Waals surface area (Å²) < 4.78 is 0. The molecule has 3 amide bonds. The molecule has 1 aliphatic heterocycles. The van der Waals surface area contributed by atoms with Crippen LogP contribution in [-0.2, 0) is 26.7 Å². The highest BCUT2D eigenvalue weighted by molar-refractivity contribution is 7.09. The number of alkyl halides is 1. The summed E-state index contributed by atoms with van der Waals surface area (Å²) in [6, 6.07) is -0.752. The fraction of sp³-hybridized carbons (Fsp3) is 0.455. The lowest BCUT2D eigenvalue weighted by atomic mass is 10.2. The maximum absolute atomic E-state index is 11.8. The number of rotatable bonds is 4. The second kappa shape index (κ2) is 5.66. The molecular formula is C11H12ClN3O3S. The second-order valence-electron chi connectivity index (χ2n) is 4.16. The fourth-order valence-corrected chi connectivity index (χ4v) is 2.76. The number of halogens is 1. The van der Waals surface area contributed by atoms with E-state index in [2.05, 4.69) is 10.3 Å². The molecule has 0 aromatic carbocycles. The number of nitrogens with zero attached hydrogens (tertiary/aromatic N) is 2. The molecule has 0 spiro atoms. The molecule has 1 saturated heterocycles. The van der Waals surface area contributed by atoms with Crippen molar-refractivity contribution in [3.63, 3.8) is 0 Å². The number of thiazole rings is 1. The summed E-state index contributed by atoms with van der Waals surface area (Å²) in [6.07, 6.45) is 0.106. The molecule has 0 aliphatic carbocycles. The zero-order valence-corrected chi connectivity index (χ0v) is 11.8. The van der Waals surface area contributed by atoms with Crippen molar-refractivity contribution >= 4 is 40.7 Å². The van der Waals surface area contributed by atoms with Crippen LogP contribution in [0.15, 0.2) is 5.38 Å². The van der Waals surface area contributed by atoms with Gasteiger partial charge in [0.2, 0.25) is 11.8 Å². The van der Waals surface area contributed by atoms with Crippen LogP contribution in [0.4, 0.5) is 0 Å². The van der Waals surface area contributed by atoms with Gasteiger partial charge in [0.1, 0.15) is 11.0 Å². The monoisotopic (exact) mass is 301 g/mol. The molecule has 8 heteroatoms. The van der Waals surface area contributed by atoms with Crippen molar-refractivity contribution in [3.8, 4) is 0 Å². The Morgan fingerprint density at radius 2 is 2.37 bits per heavy atom. The summed E-state index contributed by atoms with van der Waals surface area (Å²) in [7, 11) is 1.41. The minimum atomic E-state index is -0.752. The van der Waals surface area contributed by atoms with Gasteiger partial charge in [-0.3, -0.25) is 19.3 Å². The standard InChI is InChI=1S/C11H12ClN3O3S/c1-15-10(17)2-7(11(15)18)14-8(16)3-9-13-6(4-12)5-19-9/h5,7H,2-4H2,1H3,(H,14,16). The number of carbonyl (C=O) groups excluding carboxylic acids is 3. The Morgan fingerprint density at radius 3 is 2.89 bits per heavy atom. The maximum Gasteiger partial charge on any atom is 0.252 e. The van der Waals surface area contributed by atoms with Crippen molar-refractivity contribution in [2.75, 3.05) is 7.05 Å². The zero-order chi connectivity index (χ0) is 14.0. The Labute approximate surface area is 118 Å². The zero-order valence-electron chi connectivity index (χ0n) is 10.2. The van der Waals surface area contributed by atoms with Gasteiger partial charge in [0.05, 0.1) is 24.4 Å². The van der Waals surface area contributed by atoms with Crippen LogP contribution in [0.5, 0.6) is 0 Å². The molecular weight excluding hydrogens is 290 g/mol. The Bertz CT molecular complexity index is 531. The van der Waals surface area contributed by atoms with Crippen LogP contribution in [0.25, 0.3) is 0 Å². The number of hydrogen-bond donors (Lipinski definition) is 1. The van der Waals surface area contributed by atoms with Crippen molar-refractivity contribution in [3.05, 3.63) is 16.1 Å². The van der Waals surface area contributed by atoms with E-state index in [4.69, 9.17) is 11.6 Å². The normalized spacial score (nSPS) is 19.1. The van der Waals surface area contributed by atoms with Crippen LogP contribution in [-0.4, -0.2) is 40.7 Å². The van der Waals surface area contributed by atoms with Gasteiger partial charge >= 0.3 is 0 Å². The van der Waals surface area contributed by atoms with Gasteiger partial charge in [-0.1, -0.05) is 0 Å². The van der Waals surface area contributed by atoms with Gasteiger partial charge in [0.25, 0.3) is 5.91 Å². The molecule has 0 saturated carbocycles. The maximum atomic E-state index is 11.8. The molecule has 6 nitrogen and oxygen atoms in total. The SMILES string of the molecule is CN1C(=O)CC(NC(=O)Cc2nc(CCl)cs2)C1=O. The first-order chi connectivity index (χ1) is 9.01. The number of likely N-dealkylation sites (N-methyl/N-ethyl adjacent to an activating group) is 1. The van der Waals surface area contributed by atoms with Crippen molar-refractivity contribution in [2.24, 2.45) is 0 Å². The topological polar surface area (TPSA) is 79.4 Å². The molecule has 2 rings (SSSR count). The van der Waals surface area contributed by atoms with Gasteiger partial charge in [0, 0.05) is 12.4 Å². The summed E-state index contributed by atoms with van der Waals surface area (Å²) in [5.41, 5.74) is 0.723. The first-order valence-corrected chi connectivity index (χ1v) is 7.01. The predicted octanol–water partition coefficient (Wildman–Crippen LogP) is 0.298. The van der Waals surface area contributed by atoms with Crippen LogP contribution in [0.3, 0.4) is 0 Å². The van der Waals surface area contributed by atoms with Crippen LogP contribution >= 0.6 is 22.9 Å². The quantitative estimate of drug-likeness (QED) is 0.641. The molecule has 1 unspecified atom stereocenters. The van der Waals surface area contributed by atoms with Gasteiger partial charge < -0.3 is 5.32 Å². The van der Waals surface area contributed by atoms with Gasteiger partial charge in [0.15, 0.2) is 0 Å². The highest BCUT2D eigenvalue weighted by atomic mass is 35.5. The van der Waals surface area contributed by atoms with E-state index < -0.39 is 6.04 Å². The summed E-state index contributed by atoms with van der Waals surface area (Å²) >= 11 is 6.97. The number of imide groups is 1. The third-order valence-corrected chi connectivity index (χ3v) is 3.94. The van der Waals surface area contributed by atoms with E-state index in [1.165, 1.54) is 18.4 Å². The molecule has 1 atom stereocenters. The number of likely N-dealkylation sites (tertiary alicyclic amines) is 1. The van der Waals surface area contributed by atoms with Gasteiger partial charge in [-0.15, -0.1) is 22.9 Å². The van der Waals surface area contributed by atoms with Crippen molar-refractivity contribution in [2.45, 2.75) is 24.8 Å². The van der Waals surface area contributed by atoms with Gasteiger partial charge in [-0.05, 0) is 0 Å². The Morgan fingerprint density at radius 1 is 1.63 bits per heavy atom. The first-order valence-electron chi connectivity index (χ1n) is 5.60. The van der Waals surface area contributed by atoms with E-state index in [1.54, 1.807) is 5.38 Å². The number of amides is 3. The Hall–Kier alpha value is -1.47. The van der Waals surface area contributed by atoms with Crippen molar-refractivity contribution in [1.82, 2.24) is 15.2 Å². The molecule has 1 N–H and O–H groups in total. The Balaban J connectivity index is 1.91. The van der Waals surface area contributed by atoms with Crippen LogP contribution in [0, 0.1) is 0 Å². The number of aromatic nitrogens is 1. The number of nitrogens with one attached hydrogen (secondary N) is 1. The van der Waals surface area contributed by atoms with Crippen molar-refractivity contribution < 1.29 is 14.4 Å². The third kappa shape index (κ3) is 3.10. The molecule has 1 aromatic heterocycles. The van der Waals surface area contributed by atoms with Crippen LogP contribution in [0.1, 0.15) is 17.1 Å². The molecule has 0 radical (unpaired) electrons. The lowest BCUT2D eigenvalue weighted by molar-refractivity contribution is -0.138. The highest BCUT2D eigenvalue weighted by Gasteiger charge is 2.36. The molecule has 1 aromatic rings. The first kappa shape index (κ1) is 14.0. The lowest BCUT2D eigenvalue weighted by Gasteiger charge is -2.10. The third-order valence-electron chi connectivity index (χ3n) is 2.76. The summed E-state index contributed by atoms with van der Waals surface area (Å²) in [4.78, 5) is 39.9. The molecule has 1 aliphatic rings. The van der Waals surface area contributed by atoms with Crippen LogP contribution in [0.2, 0.25) is 0 Å². The minimum Gasteiger partial charge on any atom is -0.343 e. The van der Waals surface area contributed by atoms with E-state index in [9.17, 15) is 14.4 Å². The van der Waals surface area contributed by atoms with E-state index >= 15 is 0 Å². The summed E-state index contributed by atoms with van der Waals surface area (Å²) in [5, 5.41) is 4.97. The Kier molecular flexibility index (Phi) is 4.16. The number of carbonyl (C=O) groups is 3. The van der Waals surface area contributed by atoms with Crippen LogP contribution < -0.4 is 5.32 Å². The molecule has 2 heterocycles. The number of hydrogen-bond acceptors (Lipinski definition) is 5. The molecule has 0 bridgehead atoms. The smallest absolute Gasteiger partial charge is 0.252 e. The van der Waals surface area contributed by atoms with E-state index in [-0.39, 0.29) is 30.6 Å². The largest absolute Gasteiger partial charge is 0.343 e. The molecule has 1 fully saturated rings. The lowest BCUT2D eigenvalue weighted by Crippen LogP contribution is -2.41. The average Bonchev–Trinajstić information content (AvgIpc) is 2.91. The van der Waals surface area contributed by atoms with Gasteiger partial charge in [-0.2, -0.15) is 0 Å². The van der Waals surface area contributed by atoms with E-state index in [1.807, 2.05) is 0 Å². The molecule has 102 valence electrons. The van der Waals surface area contributed by atoms with E-state index in [0.29, 0.717) is 10.9 Å². The molecule has 19 heavy (non-hydrogen) atoms. The fourth-order valence-electron chi connectivity index (χ4n) is 1.74. The second-order valence-corrected chi connectivity index (χ2v) is 5.37. The minimum absolute atomic E-state index is 0.0197. The summed E-state index contributed by atoms with van der Waals surface area (Å²) in [5.74, 6) is -0.678. The average molecular weight is 302 g/mol. The predicted molar refractivity (Wildman–Crippen MR) is 69.7 cm³/mol. The van der Waals surface area contributed by atoms with Gasteiger partial charge in [-0.25, -0.2) is 4.98 Å².